The van der Waals surface area contributed by atoms with Crippen molar-refractivity contribution in [3.63, 3.8) is 0 Å². The van der Waals surface area contributed by atoms with Crippen molar-refractivity contribution in [2.75, 3.05) is 42.7 Å². The number of fused-ring (bicyclic) bond motifs is 4. The average Bonchev–Trinajstić information content (AvgIpc) is 1.38. The molecule has 0 saturated heterocycles. The first-order valence-corrected chi connectivity index (χ1v) is 44.3. The number of anilines is 4. The van der Waals surface area contributed by atoms with Gasteiger partial charge in [0.05, 0.1) is 74.7 Å². The van der Waals surface area contributed by atoms with Crippen LogP contribution < -0.4 is 50.8 Å². The number of amides is 3. The zero-order valence-electron chi connectivity index (χ0n) is 79.8. The van der Waals surface area contributed by atoms with Crippen molar-refractivity contribution in [3.8, 4) is 101 Å². The number of aromatic nitrogens is 14. The lowest BCUT2D eigenvalue weighted by atomic mass is 9.96. The number of nitrogen functional groups attached to an aromatic ring is 5. The summed E-state index contributed by atoms with van der Waals surface area (Å²) in [4.78, 5) is 143. The van der Waals surface area contributed by atoms with Crippen molar-refractivity contribution < 1.29 is 84.4 Å². The summed E-state index contributed by atoms with van der Waals surface area (Å²) in [5.41, 5.74) is 44.1. The Morgan fingerprint density at radius 2 is 0.703 bits per heavy atom. The second kappa shape index (κ2) is 46.7. The molecule has 0 fully saturated rings. The van der Waals surface area contributed by atoms with Crippen LogP contribution >= 0.6 is 11.6 Å². The van der Waals surface area contributed by atoms with E-state index < -0.39 is 58.2 Å². The normalized spacial score (nSPS) is 10.9. The molecule has 37 nitrogen and oxygen atoms in total. The number of benzene rings is 8. The summed E-state index contributed by atoms with van der Waals surface area (Å²) in [5, 5.41) is 22.1. The van der Waals surface area contributed by atoms with Crippen LogP contribution in [0.3, 0.4) is 0 Å². The van der Waals surface area contributed by atoms with Crippen LogP contribution in [0.1, 0.15) is 120 Å². The molecular formula is C103H94ClF4N23O14. The van der Waals surface area contributed by atoms with E-state index in [1.54, 1.807) is 122 Å². The summed E-state index contributed by atoms with van der Waals surface area (Å²) >= 11 is 4.69. The smallest absolute Gasteiger partial charge is 0.421 e. The van der Waals surface area contributed by atoms with E-state index in [1.165, 1.54) is 79.9 Å². The molecule has 0 bridgehead atoms. The highest BCUT2D eigenvalue weighted by molar-refractivity contribution is 6.80. The number of esters is 3. The Kier molecular flexibility index (Phi) is 34.0. The number of rotatable bonds is 18. The molecule has 16 N–H and O–H groups in total. The lowest BCUT2D eigenvalue weighted by Gasteiger charge is -2.19. The number of hydrogen-bond acceptors (Lipinski definition) is 33. The van der Waals surface area contributed by atoms with Gasteiger partial charge in [0.1, 0.15) is 95.2 Å². The van der Waals surface area contributed by atoms with Crippen LogP contribution in [0.4, 0.5) is 45.6 Å². The van der Waals surface area contributed by atoms with Crippen molar-refractivity contribution in [1.82, 2.24) is 86.2 Å². The molecule has 9 aromatic heterocycles. The highest BCUT2D eigenvalue weighted by Crippen LogP contribution is 2.42. The Hall–Kier alpha value is -18.3. The predicted molar refractivity (Wildman–Crippen MR) is 536 cm³/mol. The van der Waals surface area contributed by atoms with Crippen LogP contribution in [-0.2, 0) is 33.3 Å². The number of carboxylic acid groups (broad SMARTS) is 1. The average molecular weight is 1990 g/mol. The van der Waals surface area contributed by atoms with Gasteiger partial charge in [-0.05, 0) is 287 Å². The Morgan fingerprint density at radius 1 is 0.386 bits per heavy atom. The van der Waals surface area contributed by atoms with Crippen molar-refractivity contribution in [1.29, 1.82) is 0 Å². The molecule has 17 rings (SSSR count). The number of hydrogen-bond donors (Lipinski definition) is 10. The van der Waals surface area contributed by atoms with Crippen LogP contribution in [-0.4, -0.2) is 153 Å². The number of nitrogens with two attached hydrogens (primary N) is 6. The van der Waals surface area contributed by atoms with Gasteiger partial charge in [0.25, 0.3) is 17.7 Å². The molecule has 0 unspecified atom stereocenters. The summed E-state index contributed by atoms with van der Waals surface area (Å²) in [5.74, 6) is 3.69. The molecule has 0 radical (unpaired) electrons. The van der Waals surface area contributed by atoms with E-state index in [2.05, 4.69) is 85.5 Å². The monoisotopic (exact) mass is 1990 g/mol. The first kappa shape index (κ1) is 106. The lowest BCUT2D eigenvalue weighted by molar-refractivity contribution is -0.153. The molecule has 8 aromatic carbocycles. The molecule has 0 atom stereocenters. The molecule has 0 aliphatic rings. The van der Waals surface area contributed by atoms with E-state index in [0.29, 0.717) is 72.8 Å². The summed E-state index contributed by atoms with van der Waals surface area (Å²) in [7, 11) is 0. The third-order valence-electron chi connectivity index (χ3n) is 21.0. The number of carboxylic acids is 1. The fourth-order valence-electron chi connectivity index (χ4n) is 14.2. The van der Waals surface area contributed by atoms with Gasteiger partial charge in [-0.3, -0.25) is 30.0 Å². The number of halogens is 5. The zero-order chi connectivity index (χ0) is 105. The minimum Gasteiger partial charge on any atom is -0.478 e. The minimum atomic E-state index is -1.17. The highest BCUT2D eigenvalue weighted by atomic mass is 35.5. The molecule has 0 saturated carbocycles. The van der Waals surface area contributed by atoms with Crippen LogP contribution in [0.2, 0.25) is 0 Å². The van der Waals surface area contributed by atoms with Gasteiger partial charge in [0.2, 0.25) is 0 Å². The summed E-state index contributed by atoms with van der Waals surface area (Å²) in [6.07, 6.45) is 5.41. The number of aryl methyl sites for hydroxylation is 4. The number of nitrogens with zero attached hydrogens (tertiary/aromatic N) is 14. The van der Waals surface area contributed by atoms with Crippen molar-refractivity contribution >= 4 is 126 Å². The molecule has 3 amide bonds. The van der Waals surface area contributed by atoms with E-state index >= 15 is 0 Å². The van der Waals surface area contributed by atoms with Gasteiger partial charge < -0.3 is 56.7 Å². The Morgan fingerprint density at radius 3 is 1.01 bits per heavy atom. The van der Waals surface area contributed by atoms with E-state index in [9.17, 15) is 61.0 Å². The largest absolute Gasteiger partial charge is 0.478 e. The highest BCUT2D eigenvalue weighted by Gasteiger charge is 2.28. The second-order valence-corrected chi connectivity index (χ2v) is 33.7. The third kappa shape index (κ3) is 26.9. The van der Waals surface area contributed by atoms with Crippen LogP contribution in [0.15, 0.2) is 224 Å². The molecule has 0 aliphatic heterocycles. The molecule has 42 heteroatoms. The van der Waals surface area contributed by atoms with E-state index in [0.717, 1.165) is 88.6 Å². The zero-order valence-corrected chi connectivity index (χ0v) is 80.5. The molecular weight excluding hydrogens is 1890 g/mol. The van der Waals surface area contributed by atoms with Gasteiger partial charge in [0, 0.05) is 88.8 Å². The number of ether oxygens (including phenoxy) is 4. The van der Waals surface area contributed by atoms with Crippen LogP contribution in [0.5, 0.6) is 0 Å². The van der Waals surface area contributed by atoms with Gasteiger partial charge in [-0.1, -0.05) is 24.3 Å². The van der Waals surface area contributed by atoms with Gasteiger partial charge in [-0.15, -0.1) is 10.2 Å². The number of carbonyl (C=O) groups is 8. The Bertz CT molecular complexity index is 7780. The van der Waals surface area contributed by atoms with E-state index in [-0.39, 0.29) is 94.8 Å². The first-order chi connectivity index (χ1) is 69.0. The maximum absolute atomic E-state index is 13.6. The molecule has 145 heavy (non-hydrogen) atoms. The minimum absolute atomic E-state index is 0.0188. The van der Waals surface area contributed by atoms with Crippen molar-refractivity contribution in [2.45, 2.75) is 94.3 Å². The lowest BCUT2D eigenvalue weighted by Crippen LogP contribution is -2.36. The summed E-state index contributed by atoms with van der Waals surface area (Å²) < 4.78 is 78.5. The van der Waals surface area contributed by atoms with E-state index in [1.807, 2.05) is 106 Å². The van der Waals surface area contributed by atoms with Gasteiger partial charge in [0.15, 0.2) is 0 Å². The predicted octanol–water partition coefficient (Wildman–Crippen LogP) is 16.9. The van der Waals surface area contributed by atoms with Crippen LogP contribution in [0.25, 0.3) is 145 Å². The summed E-state index contributed by atoms with van der Waals surface area (Å²) in [6, 6.07) is 52.6. The number of nitrogens with one attached hydrogen (secondary N) is 3. The number of pyridine rings is 4. The number of aromatic carboxylic acids is 1. The van der Waals surface area contributed by atoms with Crippen LogP contribution in [0, 0.1) is 51.0 Å². The molecule has 740 valence electrons. The molecule has 0 spiro atoms. The van der Waals surface area contributed by atoms with E-state index in [4.69, 9.17) is 64.8 Å². The topological polar surface area (TPSA) is 580 Å². The fraction of sp³-hybridized carbons (Fsp3) is 0.165. The fourth-order valence-corrected chi connectivity index (χ4v) is 14.3. The quantitative estimate of drug-likeness (QED) is 0.00557. The third-order valence-corrected chi connectivity index (χ3v) is 21.1. The first-order valence-electron chi connectivity index (χ1n) is 44.0. The maximum Gasteiger partial charge on any atom is 0.421 e. The molecule has 0 aliphatic carbocycles. The van der Waals surface area contributed by atoms with Crippen molar-refractivity contribution in [2.24, 2.45) is 11.7 Å². The van der Waals surface area contributed by atoms with Crippen molar-refractivity contribution in [3.05, 3.63) is 288 Å². The summed E-state index contributed by atoms with van der Waals surface area (Å²) in [6.45, 7) is 21.4. The number of hydrazine groups is 2. The molecule has 17 aromatic rings. The second-order valence-electron chi connectivity index (χ2n) is 33.4. The Labute approximate surface area is 829 Å². The standard InChI is InChI=1S/C27H26FN5O3.C25H19FN6O3.C21H17FN6O.C21H15FN4O2.C5H12N2O2.C4H5ClO3/c1-15-19-11-17(7-10-22(19)32-14-31-15)20-12-21(26(35)30-13-23(34)36-27(2,3)4)25(29)33-24(20)16-5-8-18(28)9-6-16;1-3-34-25(33)24-32-31-23(35-24)19-11-18(15-6-9-20-17(10-15)13(2)28-12-29-20)21(30-22(19)27)14-4-7-16(26)8-5-14;1-11-15-8-13(4-7-18(15)26-10-25-11)16-9-17(21(29)28-24)20(23)27-19(16)12-2-5-14(22)6-3-12;1-11-15-8-13(4-7-18(15)25-10-24-11)16-9-17(21(27)28)20(23)26-19(16)12-2-5-14(22)6-3-12;1-5(2,3)9-4(8)7-6;1-2-8-4(7)3(5)6/h5-12,14H,13H2,1-4H3,(H2,29,33)(H,30,35);4-12H,3H2,1-2H3,(H2,27,30);2-10H,24H2,1H3,(H2,23,27)(H,28,29);2-10H,1H3,(H2,23,26)(H,27,28);6H2,1-3H3,(H,7,8);2H2,1H3. The number of carbonyl (C=O) groups excluding carboxylic acids is 7. The SMILES string of the molecule is CC(C)(C)OC(=O)NN.CCOC(=O)C(=O)Cl.CCOC(=O)c1nnc(-c2cc(-c3ccc4ncnc(C)c4c3)c(-c3ccc(F)cc3)nc2N)o1.Cc1ncnc2ccc(-c3cc(C(=O)NCC(=O)OC(C)(C)C)c(N)nc3-c3ccc(F)cc3)cc12.Cc1ncnc2ccc(-c3cc(C(=O)NN)c(N)nc3-c3ccc(F)cc3)cc12.Cc1ncnc2ccc(-c3cc(C(=O)O)c(N)nc3-c3ccc(F)cc3)cc12. The maximum atomic E-state index is 13.6. The van der Waals surface area contributed by atoms with Gasteiger partial charge in [-0.25, -0.2) is 108 Å². The van der Waals surface area contributed by atoms with Gasteiger partial charge >= 0.3 is 41.1 Å². The molecule has 9 heterocycles. The van der Waals surface area contributed by atoms with Gasteiger partial charge in [-0.2, -0.15) is 0 Å². The Balaban J connectivity index is 0.000000164.